The summed E-state index contributed by atoms with van der Waals surface area (Å²) in [7, 11) is -2.53. The van der Waals surface area contributed by atoms with Crippen molar-refractivity contribution in [3.63, 3.8) is 0 Å². The lowest BCUT2D eigenvalue weighted by Crippen LogP contribution is -2.38. The van der Waals surface area contributed by atoms with Crippen LogP contribution in [-0.4, -0.2) is 38.9 Å². The number of sulfonamides is 1. The van der Waals surface area contributed by atoms with E-state index in [1.807, 2.05) is 0 Å². The summed E-state index contributed by atoms with van der Waals surface area (Å²) in [5.74, 6) is 0. The van der Waals surface area contributed by atoms with Gasteiger partial charge in [0.2, 0.25) is 10.0 Å². The first-order valence-electron chi connectivity index (χ1n) is 6.50. The molecule has 1 N–H and O–H groups in total. The number of alkyl halides is 3. The van der Waals surface area contributed by atoms with Gasteiger partial charge in [0, 0.05) is 19.6 Å². The largest absolute Gasteiger partial charge is 0.416 e. The molecule has 1 heterocycles. The number of likely N-dealkylation sites (N-methyl/N-ethyl adjacent to an activating group) is 1. The summed E-state index contributed by atoms with van der Waals surface area (Å²) >= 11 is 0. The van der Waals surface area contributed by atoms with E-state index in [1.54, 1.807) is 0 Å². The van der Waals surface area contributed by atoms with Gasteiger partial charge in [-0.05, 0) is 37.6 Å². The molecule has 4 nitrogen and oxygen atoms in total. The fraction of sp³-hybridized carbons (Fsp3) is 0.538. The van der Waals surface area contributed by atoms with Gasteiger partial charge in [0.25, 0.3) is 0 Å². The third-order valence-electron chi connectivity index (χ3n) is 3.72. The highest BCUT2D eigenvalue weighted by atomic mass is 35.5. The molecule has 0 spiro atoms. The van der Waals surface area contributed by atoms with Gasteiger partial charge in [-0.15, -0.1) is 12.4 Å². The molecule has 0 aliphatic carbocycles. The SMILES string of the molecule is Cc1ccc(C(F)(F)F)cc1S(=O)(=O)N(C)C1CCNC1.Cl. The number of hydrogen-bond acceptors (Lipinski definition) is 3. The molecule has 22 heavy (non-hydrogen) atoms. The molecule has 2 rings (SSSR count). The van der Waals surface area contributed by atoms with Gasteiger partial charge in [-0.2, -0.15) is 17.5 Å². The van der Waals surface area contributed by atoms with Gasteiger partial charge in [-0.25, -0.2) is 8.42 Å². The zero-order valence-electron chi connectivity index (χ0n) is 12.1. The number of rotatable bonds is 3. The van der Waals surface area contributed by atoms with Gasteiger partial charge in [-0.1, -0.05) is 6.07 Å². The summed E-state index contributed by atoms with van der Waals surface area (Å²) in [4.78, 5) is -0.285. The van der Waals surface area contributed by atoms with Crippen molar-refractivity contribution in [3.05, 3.63) is 29.3 Å². The predicted molar refractivity (Wildman–Crippen MR) is 79.7 cm³/mol. The van der Waals surface area contributed by atoms with Crippen molar-refractivity contribution < 1.29 is 21.6 Å². The smallest absolute Gasteiger partial charge is 0.315 e. The molecule has 1 saturated heterocycles. The van der Waals surface area contributed by atoms with Crippen LogP contribution in [-0.2, 0) is 16.2 Å². The Labute approximate surface area is 134 Å². The van der Waals surface area contributed by atoms with Crippen molar-refractivity contribution in [1.82, 2.24) is 9.62 Å². The standard InChI is InChI=1S/C13H17F3N2O2S.ClH/c1-9-3-4-10(13(14,15)16)7-12(9)21(19,20)18(2)11-5-6-17-8-11;/h3-4,7,11,17H,5-6,8H2,1-2H3;1H. The highest BCUT2D eigenvalue weighted by Crippen LogP contribution is 2.32. The molecule has 9 heteroatoms. The molecule has 1 atom stereocenters. The van der Waals surface area contributed by atoms with Crippen molar-refractivity contribution in [1.29, 1.82) is 0 Å². The second-order valence-electron chi connectivity index (χ2n) is 5.15. The minimum atomic E-state index is -4.56. The van der Waals surface area contributed by atoms with E-state index in [1.165, 1.54) is 20.0 Å². The molecule has 0 saturated carbocycles. The Balaban J connectivity index is 0.00000242. The van der Waals surface area contributed by atoms with Crippen LogP contribution < -0.4 is 5.32 Å². The Morgan fingerprint density at radius 3 is 2.45 bits per heavy atom. The van der Waals surface area contributed by atoms with E-state index in [9.17, 15) is 21.6 Å². The molecular weight excluding hydrogens is 341 g/mol. The number of aryl methyl sites for hydroxylation is 1. The molecular formula is C13H18ClF3N2O2S. The minimum absolute atomic E-state index is 0. The van der Waals surface area contributed by atoms with Crippen molar-refractivity contribution in [2.45, 2.75) is 30.5 Å². The van der Waals surface area contributed by atoms with Gasteiger partial charge in [0.15, 0.2) is 0 Å². The molecule has 0 radical (unpaired) electrons. The van der Waals surface area contributed by atoms with E-state index in [4.69, 9.17) is 0 Å². The van der Waals surface area contributed by atoms with Crippen LogP contribution in [0.3, 0.4) is 0 Å². The average molecular weight is 359 g/mol. The second-order valence-corrected chi connectivity index (χ2v) is 7.11. The van der Waals surface area contributed by atoms with Crippen LogP contribution in [0.4, 0.5) is 13.2 Å². The fourth-order valence-electron chi connectivity index (χ4n) is 2.36. The summed E-state index contributed by atoms with van der Waals surface area (Å²) in [6.07, 6.45) is -3.92. The summed E-state index contributed by atoms with van der Waals surface area (Å²) in [5, 5.41) is 3.04. The lowest BCUT2D eigenvalue weighted by atomic mass is 10.1. The monoisotopic (exact) mass is 358 g/mol. The van der Waals surface area contributed by atoms with Crippen LogP contribution in [0.5, 0.6) is 0 Å². The van der Waals surface area contributed by atoms with Crippen molar-refractivity contribution in [3.8, 4) is 0 Å². The van der Waals surface area contributed by atoms with E-state index in [0.29, 0.717) is 31.1 Å². The Bertz CT molecular complexity index is 629. The number of hydrogen-bond donors (Lipinski definition) is 1. The molecule has 126 valence electrons. The van der Waals surface area contributed by atoms with Crippen LogP contribution in [0.15, 0.2) is 23.1 Å². The maximum atomic E-state index is 12.8. The Morgan fingerprint density at radius 2 is 1.95 bits per heavy atom. The van der Waals surface area contributed by atoms with Crippen LogP contribution >= 0.6 is 12.4 Å². The van der Waals surface area contributed by atoms with Gasteiger partial charge in [-0.3, -0.25) is 0 Å². The summed E-state index contributed by atoms with van der Waals surface area (Å²) in [5.41, 5.74) is -0.648. The molecule has 1 aliphatic heterocycles. The second kappa shape index (κ2) is 6.74. The maximum Gasteiger partial charge on any atom is 0.416 e. The first-order valence-corrected chi connectivity index (χ1v) is 7.94. The molecule has 0 aromatic heterocycles. The minimum Gasteiger partial charge on any atom is -0.315 e. The van der Waals surface area contributed by atoms with E-state index in [2.05, 4.69) is 5.32 Å². The van der Waals surface area contributed by atoms with Gasteiger partial charge >= 0.3 is 6.18 Å². The average Bonchev–Trinajstić information content (AvgIpc) is 2.90. The first-order chi connectivity index (χ1) is 9.64. The molecule has 1 aromatic rings. The third kappa shape index (κ3) is 3.73. The van der Waals surface area contributed by atoms with Crippen LogP contribution in [0.2, 0.25) is 0 Å². The maximum absolute atomic E-state index is 12.8. The number of benzene rings is 1. The molecule has 0 bridgehead atoms. The predicted octanol–water partition coefficient (Wildman–Crippen LogP) is 2.42. The van der Waals surface area contributed by atoms with Crippen LogP contribution in [0.1, 0.15) is 17.5 Å². The van der Waals surface area contributed by atoms with Crippen molar-refractivity contribution >= 4 is 22.4 Å². The van der Waals surface area contributed by atoms with Crippen LogP contribution in [0, 0.1) is 6.92 Å². The first kappa shape index (κ1) is 19.2. The van der Waals surface area contributed by atoms with E-state index in [0.717, 1.165) is 10.4 Å². The Hall–Kier alpha value is -0.830. The highest BCUT2D eigenvalue weighted by molar-refractivity contribution is 7.89. The Kier molecular flexibility index (Phi) is 5.88. The summed E-state index contributed by atoms with van der Waals surface area (Å²) in [6.45, 7) is 2.70. The third-order valence-corrected chi connectivity index (χ3v) is 5.77. The molecule has 1 fully saturated rings. The molecule has 1 aliphatic rings. The normalized spacial score (nSPS) is 19.3. The zero-order chi connectivity index (χ0) is 15.8. The zero-order valence-corrected chi connectivity index (χ0v) is 13.8. The fourth-order valence-corrected chi connectivity index (χ4v) is 3.99. The van der Waals surface area contributed by atoms with Crippen LogP contribution in [0.25, 0.3) is 0 Å². The molecule has 1 aromatic carbocycles. The summed E-state index contributed by atoms with van der Waals surface area (Å²) < 4.78 is 64.6. The van der Waals surface area contributed by atoms with Gasteiger partial charge in [0.05, 0.1) is 10.5 Å². The van der Waals surface area contributed by atoms with E-state index in [-0.39, 0.29) is 23.3 Å². The highest BCUT2D eigenvalue weighted by Gasteiger charge is 2.35. The summed E-state index contributed by atoms with van der Waals surface area (Å²) in [6, 6.07) is 2.56. The molecule has 0 amide bonds. The molecule has 1 unspecified atom stereocenters. The van der Waals surface area contributed by atoms with E-state index < -0.39 is 21.8 Å². The number of nitrogens with one attached hydrogen (secondary N) is 1. The quantitative estimate of drug-likeness (QED) is 0.902. The number of halogens is 4. The van der Waals surface area contributed by atoms with Crippen molar-refractivity contribution in [2.24, 2.45) is 0 Å². The number of nitrogens with zero attached hydrogens (tertiary/aromatic N) is 1. The van der Waals surface area contributed by atoms with E-state index >= 15 is 0 Å². The Morgan fingerprint density at radius 1 is 1.32 bits per heavy atom. The van der Waals surface area contributed by atoms with Gasteiger partial charge in [0.1, 0.15) is 0 Å². The topological polar surface area (TPSA) is 49.4 Å². The lowest BCUT2D eigenvalue weighted by Gasteiger charge is -2.24. The lowest BCUT2D eigenvalue weighted by molar-refractivity contribution is -0.137. The van der Waals surface area contributed by atoms with Gasteiger partial charge < -0.3 is 5.32 Å². The van der Waals surface area contributed by atoms with Crippen molar-refractivity contribution in [2.75, 3.05) is 20.1 Å².